The van der Waals surface area contributed by atoms with E-state index in [-0.39, 0.29) is 24.8 Å². The summed E-state index contributed by atoms with van der Waals surface area (Å²) in [7, 11) is 0. The monoisotopic (exact) mass is 649 g/mol. The van der Waals surface area contributed by atoms with Gasteiger partial charge in [0.1, 0.15) is 17.6 Å². The third kappa shape index (κ3) is 10.8. The highest BCUT2D eigenvalue weighted by molar-refractivity contribution is 5.90. The lowest BCUT2D eigenvalue weighted by Gasteiger charge is -2.33. The highest BCUT2D eigenvalue weighted by atomic mass is 16.4. The molecule has 1 saturated carbocycles. The lowest BCUT2D eigenvalue weighted by molar-refractivity contribution is -0.139. The molecule has 1 unspecified atom stereocenters. The van der Waals surface area contributed by atoms with E-state index >= 15 is 0 Å². The number of anilines is 2. The molecular formula is C33H51N11O3. The SMILES string of the molecule is NC(CCC(=O)N1CCC(Nc2nc(NCc3cn(CCCNCCCNC4CCCCC4)nn3)nc3ccccc23)CC1)C(=O)O. The Hall–Kier alpha value is -3.88. The van der Waals surface area contributed by atoms with Crippen molar-refractivity contribution in [1.29, 1.82) is 0 Å². The van der Waals surface area contributed by atoms with Crippen LogP contribution in [0.25, 0.3) is 10.9 Å². The van der Waals surface area contributed by atoms with Gasteiger partial charge >= 0.3 is 5.97 Å². The fourth-order valence-electron chi connectivity index (χ4n) is 6.31. The molecule has 2 aliphatic rings. The van der Waals surface area contributed by atoms with E-state index in [2.05, 4.69) is 31.6 Å². The molecule has 14 heteroatoms. The third-order valence-corrected chi connectivity index (χ3v) is 9.10. The minimum Gasteiger partial charge on any atom is -0.480 e. The summed E-state index contributed by atoms with van der Waals surface area (Å²) in [6.07, 6.45) is 12.7. The number of aliphatic carboxylic acids is 1. The van der Waals surface area contributed by atoms with Crippen LogP contribution in [0.3, 0.4) is 0 Å². The number of rotatable bonds is 18. The molecule has 1 aliphatic heterocycles. The van der Waals surface area contributed by atoms with E-state index in [0.29, 0.717) is 25.6 Å². The number of carboxylic acid groups (broad SMARTS) is 1. The number of piperidine rings is 1. The summed E-state index contributed by atoms with van der Waals surface area (Å²) in [6, 6.07) is 7.74. The number of nitrogens with one attached hydrogen (secondary N) is 4. The molecule has 2 fully saturated rings. The van der Waals surface area contributed by atoms with Gasteiger partial charge in [-0.3, -0.25) is 14.3 Å². The summed E-state index contributed by atoms with van der Waals surface area (Å²) in [5.74, 6) is 0.113. The van der Waals surface area contributed by atoms with Crippen molar-refractivity contribution in [3.05, 3.63) is 36.2 Å². The maximum Gasteiger partial charge on any atom is 0.320 e. The van der Waals surface area contributed by atoms with Crippen LogP contribution in [-0.4, -0.2) is 97.7 Å². The predicted octanol–water partition coefficient (Wildman–Crippen LogP) is 2.72. The molecule has 0 spiro atoms. The molecule has 256 valence electrons. The first-order chi connectivity index (χ1) is 22.9. The third-order valence-electron chi connectivity index (χ3n) is 9.10. The Bertz CT molecular complexity index is 1420. The van der Waals surface area contributed by atoms with Gasteiger partial charge in [0.25, 0.3) is 0 Å². The highest BCUT2D eigenvalue weighted by Crippen LogP contribution is 2.25. The van der Waals surface area contributed by atoms with E-state index in [1.165, 1.54) is 32.1 Å². The topological polar surface area (TPSA) is 188 Å². The number of aromatic nitrogens is 5. The maximum absolute atomic E-state index is 12.6. The van der Waals surface area contributed by atoms with Gasteiger partial charge in [0, 0.05) is 43.5 Å². The molecule has 1 amide bonds. The number of carbonyl (C=O) groups is 2. The summed E-state index contributed by atoms with van der Waals surface area (Å²) >= 11 is 0. The van der Waals surface area contributed by atoms with Crippen molar-refractivity contribution < 1.29 is 14.7 Å². The van der Waals surface area contributed by atoms with Gasteiger partial charge in [-0.15, -0.1) is 5.10 Å². The quantitative estimate of drug-likeness (QED) is 0.111. The van der Waals surface area contributed by atoms with Gasteiger partial charge in [0.05, 0.1) is 18.3 Å². The Labute approximate surface area is 276 Å². The summed E-state index contributed by atoms with van der Waals surface area (Å²) in [6.45, 7) is 5.52. The van der Waals surface area contributed by atoms with Crippen LogP contribution in [0, 0.1) is 0 Å². The normalized spacial score (nSPS) is 16.7. The number of aryl methyl sites for hydroxylation is 1. The smallest absolute Gasteiger partial charge is 0.320 e. The number of fused-ring (bicyclic) bond motifs is 1. The van der Waals surface area contributed by atoms with Gasteiger partial charge in [-0.1, -0.05) is 36.6 Å². The molecule has 0 radical (unpaired) electrons. The fourth-order valence-corrected chi connectivity index (χ4v) is 6.31. The van der Waals surface area contributed by atoms with Crippen LogP contribution >= 0.6 is 0 Å². The molecule has 1 aromatic carbocycles. The molecule has 47 heavy (non-hydrogen) atoms. The van der Waals surface area contributed by atoms with Crippen LogP contribution in [0.1, 0.15) is 76.3 Å². The van der Waals surface area contributed by atoms with E-state index in [9.17, 15) is 9.59 Å². The molecule has 1 aliphatic carbocycles. The largest absolute Gasteiger partial charge is 0.480 e. The van der Waals surface area contributed by atoms with Gasteiger partial charge in [-0.25, -0.2) is 4.98 Å². The second kappa shape index (κ2) is 17.9. The zero-order chi connectivity index (χ0) is 32.8. The summed E-state index contributed by atoms with van der Waals surface area (Å²) in [5, 5.41) is 32.7. The molecule has 14 nitrogen and oxygen atoms in total. The van der Waals surface area contributed by atoms with Gasteiger partial charge in [-0.05, 0) is 76.7 Å². The number of nitrogens with two attached hydrogens (primary N) is 1. The number of carboxylic acids is 1. The van der Waals surface area contributed by atoms with E-state index in [0.717, 1.165) is 80.3 Å². The average Bonchev–Trinajstić information content (AvgIpc) is 3.55. The van der Waals surface area contributed by atoms with Crippen molar-refractivity contribution >= 4 is 34.5 Å². The molecule has 7 N–H and O–H groups in total. The maximum atomic E-state index is 12.6. The van der Waals surface area contributed by atoms with Crippen LogP contribution in [0.15, 0.2) is 30.5 Å². The number of hydrogen-bond donors (Lipinski definition) is 6. The second-order valence-corrected chi connectivity index (χ2v) is 12.8. The van der Waals surface area contributed by atoms with Gasteiger partial charge in [0.15, 0.2) is 0 Å². The first-order valence-corrected chi connectivity index (χ1v) is 17.3. The van der Waals surface area contributed by atoms with E-state index < -0.39 is 12.0 Å². The van der Waals surface area contributed by atoms with Crippen molar-refractivity contribution in [2.24, 2.45) is 5.73 Å². The highest BCUT2D eigenvalue weighted by Gasteiger charge is 2.25. The number of benzene rings is 1. The number of para-hydroxylation sites is 1. The number of amides is 1. The van der Waals surface area contributed by atoms with Crippen LogP contribution in [0.2, 0.25) is 0 Å². The summed E-state index contributed by atoms with van der Waals surface area (Å²) in [5.41, 5.74) is 7.21. The van der Waals surface area contributed by atoms with Crippen molar-refractivity contribution in [3.63, 3.8) is 0 Å². The van der Waals surface area contributed by atoms with Crippen molar-refractivity contribution in [2.45, 2.75) is 102 Å². The lowest BCUT2D eigenvalue weighted by atomic mass is 9.95. The molecule has 5 rings (SSSR count). The van der Waals surface area contributed by atoms with Gasteiger partial charge in [0.2, 0.25) is 11.9 Å². The Morgan fingerprint density at radius 2 is 1.77 bits per heavy atom. The fraction of sp³-hybridized carbons (Fsp3) is 0.636. The van der Waals surface area contributed by atoms with Crippen molar-refractivity contribution in [3.8, 4) is 0 Å². The number of nitrogens with zero attached hydrogens (tertiary/aromatic N) is 6. The standard InChI is InChI=1S/C33H51N11O3/c34-28(32(46)47)12-13-30(45)43-20-14-25(15-21-43)38-31-27-10-4-5-11-29(27)39-33(40-31)37-22-26-23-44(42-41-26)19-7-17-35-16-6-18-36-24-8-2-1-3-9-24/h4-5,10-11,23-25,28,35-36H,1-3,6-9,12-22,34H2,(H,46,47)(H2,37,38,39,40). The zero-order valence-electron chi connectivity index (χ0n) is 27.4. The molecule has 3 aromatic rings. The van der Waals surface area contributed by atoms with E-state index in [1.807, 2.05) is 35.1 Å². The van der Waals surface area contributed by atoms with E-state index in [4.69, 9.17) is 20.8 Å². The first kappa shape index (κ1) is 34.5. The minimum atomic E-state index is -1.08. The Kier molecular flexibility index (Phi) is 13.1. The molecule has 2 aromatic heterocycles. The van der Waals surface area contributed by atoms with Crippen LogP contribution in [0.4, 0.5) is 11.8 Å². The summed E-state index contributed by atoms with van der Waals surface area (Å²) in [4.78, 5) is 34.8. The lowest BCUT2D eigenvalue weighted by Crippen LogP contribution is -2.43. The average molecular weight is 650 g/mol. The Morgan fingerprint density at radius 1 is 0.979 bits per heavy atom. The van der Waals surface area contributed by atoms with Crippen molar-refractivity contribution in [1.82, 2.24) is 40.5 Å². The Balaban J connectivity index is 1.03. The summed E-state index contributed by atoms with van der Waals surface area (Å²) < 4.78 is 1.88. The van der Waals surface area contributed by atoms with Gasteiger partial charge in [-0.2, -0.15) is 4.98 Å². The van der Waals surface area contributed by atoms with E-state index in [1.54, 1.807) is 4.90 Å². The zero-order valence-corrected chi connectivity index (χ0v) is 27.4. The molecular weight excluding hydrogens is 598 g/mol. The number of hydrogen-bond acceptors (Lipinski definition) is 11. The number of carbonyl (C=O) groups excluding carboxylic acids is 1. The Morgan fingerprint density at radius 3 is 2.57 bits per heavy atom. The predicted molar refractivity (Wildman–Crippen MR) is 182 cm³/mol. The minimum absolute atomic E-state index is 0.0549. The van der Waals surface area contributed by atoms with Crippen LogP contribution < -0.4 is 27.0 Å². The molecule has 1 saturated heterocycles. The van der Waals surface area contributed by atoms with Crippen molar-refractivity contribution in [2.75, 3.05) is 43.4 Å². The number of likely N-dealkylation sites (tertiary alicyclic amines) is 1. The molecule has 1 atom stereocenters. The second-order valence-electron chi connectivity index (χ2n) is 12.8. The molecule has 3 heterocycles. The molecule has 0 bridgehead atoms. The van der Waals surface area contributed by atoms with Gasteiger partial charge < -0.3 is 37.0 Å². The van der Waals surface area contributed by atoms with Crippen LogP contribution in [0.5, 0.6) is 0 Å². The van der Waals surface area contributed by atoms with Crippen LogP contribution in [-0.2, 0) is 22.7 Å². The first-order valence-electron chi connectivity index (χ1n) is 17.3.